The average molecular weight is 311 g/mol. The number of carbonyl (C=O) groups excluding carboxylic acids is 1. The van der Waals surface area contributed by atoms with Gasteiger partial charge in [0, 0.05) is 18.4 Å². The van der Waals surface area contributed by atoms with Crippen molar-refractivity contribution in [2.45, 2.75) is 6.42 Å². The van der Waals surface area contributed by atoms with Gasteiger partial charge >= 0.3 is 0 Å². The number of ether oxygens (including phenoxy) is 2. The van der Waals surface area contributed by atoms with Crippen molar-refractivity contribution in [3.8, 4) is 11.5 Å². The number of rotatable bonds is 5. The molecule has 1 heterocycles. The Labute approximate surface area is 134 Å². The summed E-state index contributed by atoms with van der Waals surface area (Å²) >= 11 is 0. The van der Waals surface area contributed by atoms with E-state index in [9.17, 15) is 4.79 Å². The number of hydrogen-bond donors (Lipinski definition) is 2. The molecule has 2 aromatic rings. The van der Waals surface area contributed by atoms with Crippen molar-refractivity contribution in [3.05, 3.63) is 59.7 Å². The van der Waals surface area contributed by atoms with Crippen LogP contribution in [-0.2, 0) is 11.2 Å². The fourth-order valence-electron chi connectivity index (χ4n) is 2.26. The molecule has 0 fully saturated rings. The lowest BCUT2D eigenvalue weighted by Crippen LogP contribution is -2.07. The molecular weight excluding hydrogens is 294 g/mol. The quantitative estimate of drug-likeness (QED) is 0.833. The zero-order valence-corrected chi connectivity index (χ0v) is 12.5. The molecule has 0 atom stereocenters. The maximum atomic E-state index is 11.9. The minimum Gasteiger partial charge on any atom is -0.454 e. The summed E-state index contributed by atoms with van der Waals surface area (Å²) in [5.41, 5.74) is 2.61. The van der Waals surface area contributed by atoms with E-state index < -0.39 is 0 Å². The molecule has 1 aliphatic heterocycles. The second-order valence-electron chi connectivity index (χ2n) is 5.11. The fourth-order valence-corrected chi connectivity index (χ4v) is 2.26. The topological polar surface area (TPSA) is 67.8 Å². The first-order valence-electron chi connectivity index (χ1n) is 7.33. The van der Waals surface area contributed by atoms with Gasteiger partial charge in [0.1, 0.15) is 0 Å². The zero-order valence-electron chi connectivity index (χ0n) is 12.5. The summed E-state index contributed by atoms with van der Waals surface area (Å²) in [6.45, 7) is 0.346. The van der Waals surface area contributed by atoms with Crippen molar-refractivity contribution in [3.63, 3.8) is 0 Å². The van der Waals surface area contributed by atoms with Crippen LogP contribution in [0.4, 0.5) is 5.69 Å². The predicted molar refractivity (Wildman–Crippen MR) is 87.5 cm³/mol. The van der Waals surface area contributed by atoms with E-state index >= 15 is 0 Å². The smallest absolute Gasteiger partial charge is 0.248 e. The van der Waals surface area contributed by atoms with Gasteiger partial charge in [-0.1, -0.05) is 18.2 Å². The number of aliphatic hydroxyl groups is 1. The Morgan fingerprint density at radius 3 is 2.70 bits per heavy atom. The minimum absolute atomic E-state index is 0.115. The number of hydrogen-bond acceptors (Lipinski definition) is 4. The molecule has 0 saturated carbocycles. The van der Waals surface area contributed by atoms with Gasteiger partial charge < -0.3 is 19.9 Å². The van der Waals surface area contributed by atoms with Crippen molar-refractivity contribution >= 4 is 17.7 Å². The third-order valence-electron chi connectivity index (χ3n) is 3.45. The number of anilines is 1. The lowest BCUT2D eigenvalue weighted by molar-refractivity contribution is -0.111. The van der Waals surface area contributed by atoms with Crippen LogP contribution in [0.5, 0.6) is 11.5 Å². The molecule has 5 heteroatoms. The van der Waals surface area contributed by atoms with Crippen molar-refractivity contribution in [2.75, 3.05) is 18.7 Å². The van der Waals surface area contributed by atoms with Crippen molar-refractivity contribution in [1.82, 2.24) is 0 Å². The molecule has 23 heavy (non-hydrogen) atoms. The standard InChI is InChI=1S/C18H17NO4/c20-10-9-13-1-5-15(6-2-13)19-18(21)8-4-14-3-7-16-17(11-14)23-12-22-16/h1-8,11,20H,9-10,12H2,(H,19,21)/b8-4+. The van der Waals surface area contributed by atoms with Gasteiger partial charge in [0.2, 0.25) is 12.7 Å². The lowest BCUT2D eigenvalue weighted by Gasteiger charge is -2.04. The first-order valence-corrected chi connectivity index (χ1v) is 7.33. The highest BCUT2D eigenvalue weighted by molar-refractivity contribution is 6.01. The SMILES string of the molecule is O=C(/C=C/c1ccc2c(c1)OCO2)Nc1ccc(CCO)cc1. The van der Waals surface area contributed by atoms with Gasteiger partial charge in [-0.05, 0) is 47.9 Å². The molecule has 1 amide bonds. The van der Waals surface area contributed by atoms with Gasteiger partial charge in [-0.3, -0.25) is 4.79 Å². The summed E-state index contributed by atoms with van der Waals surface area (Å²) in [6.07, 6.45) is 3.80. The zero-order chi connectivity index (χ0) is 16.1. The van der Waals surface area contributed by atoms with E-state index in [1.54, 1.807) is 6.08 Å². The van der Waals surface area contributed by atoms with Gasteiger partial charge in [-0.2, -0.15) is 0 Å². The Kier molecular flexibility index (Phi) is 4.59. The highest BCUT2D eigenvalue weighted by Gasteiger charge is 2.12. The molecule has 0 aliphatic carbocycles. The highest BCUT2D eigenvalue weighted by Crippen LogP contribution is 2.32. The Balaban J connectivity index is 1.60. The molecule has 2 N–H and O–H groups in total. The van der Waals surface area contributed by atoms with E-state index in [1.165, 1.54) is 6.08 Å². The number of nitrogens with one attached hydrogen (secondary N) is 1. The molecule has 0 unspecified atom stereocenters. The van der Waals surface area contributed by atoms with Crippen LogP contribution in [0.3, 0.4) is 0 Å². The third kappa shape index (κ3) is 3.90. The summed E-state index contributed by atoms with van der Waals surface area (Å²) in [5.74, 6) is 1.19. The summed E-state index contributed by atoms with van der Waals surface area (Å²) in [4.78, 5) is 11.9. The van der Waals surface area contributed by atoms with Crippen LogP contribution in [0, 0.1) is 0 Å². The third-order valence-corrected chi connectivity index (χ3v) is 3.45. The second-order valence-corrected chi connectivity index (χ2v) is 5.11. The molecule has 0 bridgehead atoms. The van der Waals surface area contributed by atoms with Gasteiger partial charge in [0.25, 0.3) is 0 Å². The molecule has 118 valence electrons. The summed E-state index contributed by atoms with van der Waals surface area (Å²) < 4.78 is 10.5. The van der Waals surface area contributed by atoms with Gasteiger partial charge in [0.05, 0.1) is 0 Å². The number of amides is 1. The lowest BCUT2D eigenvalue weighted by atomic mass is 10.1. The molecule has 0 aromatic heterocycles. The van der Waals surface area contributed by atoms with E-state index in [2.05, 4.69) is 5.32 Å². The molecule has 1 aliphatic rings. The molecule has 0 radical (unpaired) electrons. The second kappa shape index (κ2) is 6.98. The summed E-state index contributed by atoms with van der Waals surface area (Å²) in [5, 5.41) is 11.7. The van der Waals surface area contributed by atoms with E-state index in [1.807, 2.05) is 42.5 Å². The van der Waals surface area contributed by atoms with Gasteiger partial charge in [0.15, 0.2) is 11.5 Å². The molecule has 5 nitrogen and oxygen atoms in total. The molecular formula is C18H17NO4. The first-order chi connectivity index (χ1) is 11.2. The Morgan fingerprint density at radius 1 is 1.13 bits per heavy atom. The maximum absolute atomic E-state index is 11.9. The number of aliphatic hydroxyl groups excluding tert-OH is 1. The molecule has 2 aromatic carbocycles. The molecule has 0 saturated heterocycles. The van der Waals surface area contributed by atoms with Crippen LogP contribution in [0.25, 0.3) is 6.08 Å². The average Bonchev–Trinajstić information content (AvgIpc) is 3.03. The maximum Gasteiger partial charge on any atom is 0.248 e. The van der Waals surface area contributed by atoms with Crippen molar-refractivity contribution in [2.24, 2.45) is 0 Å². The van der Waals surface area contributed by atoms with Gasteiger partial charge in [-0.15, -0.1) is 0 Å². The van der Waals surface area contributed by atoms with Crippen molar-refractivity contribution < 1.29 is 19.4 Å². The summed E-state index contributed by atoms with van der Waals surface area (Å²) in [6, 6.07) is 12.9. The van der Waals surface area contributed by atoms with Crippen LogP contribution in [0.15, 0.2) is 48.5 Å². The van der Waals surface area contributed by atoms with Crippen LogP contribution < -0.4 is 14.8 Å². The highest BCUT2D eigenvalue weighted by atomic mass is 16.7. The molecule has 3 rings (SSSR count). The first kappa shape index (κ1) is 15.1. The predicted octanol–water partition coefficient (Wildman–Crippen LogP) is 2.60. The normalized spacial score (nSPS) is 12.6. The number of carbonyl (C=O) groups is 1. The largest absolute Gasteiger partial charge is 0.454 e. The van der Waals surface area contributed by atoms with E-state index in [4.69, 9.17) is 14.6 Å². The van der Waals surface area contributed by atoms with E-state index in [0.29, 0.717) is 17.9 Å². The Morgan fingerprint density at radius 2 is 1.91 bits per heavy atom. The van der Waals surface area contributed by atoms with Crippen LogP contribution in [0.1, 0.15) is 11.1 Å². The Hall–Kier alpha value is -2.79. The van der Waals surface area contributed by atoms with E-state index in [0.717, 1.165) is 16.9 Å². The fraction of sp³-hybridized carbons (Fsp3) is 0.167. The summed E-state index contributed by atoms with van der Waals surface area (Å²) in [7, 11) is 0. The monoisotopic (exact) mass is 311 g/mol. The number of fused-ring (bicyclic) bond motifs is 1. The van der Waals surface area contributed by atoms with Crippen LogP contribution >= 0.6 is 0 Å². The Bertz CT molecular complexity index is 722. The van der Waals surface area contributed by atoms with E-state index in [-0.39, 0.29) is 19.3 Å². The minimum atomic E-state index is -0.211. The van der Waals surface area contributed by atoms with Gasteiger partial charge in [-0.25, -0.2) is 0 Å². The number of benzene rings is 2. The molecule has 0 spiro atoms. The van der Waals surface area contributed by atoms with Crippen molar-refractivity contribution in [1.29, 1.82) is 0 Å². The van der Waals surface area contributed by atoms with Crippen LogP contribution in [0.2, 0.25) is 0 Å². The van der Waals surface area contributed by atoms with Crippen LogP contribution in [-0.4, -0.2) is 24.4 Å².